The summed E-state index contributed by atoms with van der Waals surface area (Å²) in [6.45, 7) is 4.31. The van der Waals surface area contributed by atoms with E-state index in [9.17, 15) is 4.79 Å². The average Bonchev–Trinajstić information content (AvgIpc) is 3.31. The highest BCUT2D eigenvalue weighted by molar-refractivity contribution is 7.13. The molecule has 128 valence electrons. The van der Waals surface area contributed by atoms with Gasteiger partial charge in [0.1, 0.15) is 16.4 Å². The van der Waals surface area contributed by atoms with E-state index >= 15 is 0 Å². The van der Waals surface area contributed by atoms with Crippen molar-refractivity contribution >= 4 is 17.2 Å². The fourth-order valence-corrected chi connectivity index (χ4v) is 3.76. The maximum atomic E-state index is 12.7. The van der Waals surface area contributed by atoms with Crippen molar-refractivity contribution in [1.29, 1.82) is 0 Å². The molecule has 0 spiro atoms. The fraction of sp³-hybridized carbons (Fsp3) is 0.294. The Morgan fingerprint density at radius 1 is 1.44 bits per heavy atom. The molecule has 1 fully saturated rings. The number of piperazine rings is 1. The second kappa shape index (κ2) is 6.73. The predicted octanol–water partition coefficient (Wildman–Crippen LogP) is 2.03. The average molecular weight is 354 g/mol. The van der Waals surface area contributed by atoms with Gasteiger partial charge in [-0.05, 0) is 19.1 Å². The van der Waals surface area contributed by atoms with Crippen molar-refractivity contribution in [3.05, 3.63) is 41.8 Å². The molecule has 0 aliphatic carbocycles. The molecule has 4 heterocycles. The van der Waals surface area contributed by atoms with Crippen LogP contribution in [0.2, 0.25) is 0 Å². The highest BCUT2D eigenvalue weighted by Crippen LogP contribution is 2.32. The van der Waals surface area contributed by atoms with Crippen LogP contribution >= 0.6 is 11.3 Å². The van der Waals surface area contributed by atoms with Gasteiger partial charge in [-0.15, -0.1) is 11.3 Å². The second-order valence-corrected chi connectivity index (χ2v) is 6.89. The molecule has 0 radical (unpaired) electrons. The van der Waals surface area contributed by atoms with Gasteiger partial charge >= 0.3 is 0 Å². The van der Waals surface area contributed by atoms with Crippen molar-refractivity contribution in [3.8, 4) is 21.8 Å². The number of nitrogens with one attached hydrogen (secondary N) is 2. The monoisotopic (exact) mass is 354 g/mol. The van der Waals surface area contributed by atoms with E-state index in [1.807, 2.05) is 28.6 Å². The van der Waals surface area contributed by atoms with Gasteiger partial charge in [0.25, 0.3) is 5.91 Å². The lowest BCUT2D eigenvalue weighted by Crippen LogP contribution is -2.51. The van der Waals surface area contributed by atoms with E-state index in [4.69, 9.17) is 0 Å². The van der Waals surface area contributed by atoms with Crippen molar-refractivity contribution < 1.29 is 4.79 Å². The fourth-order valence-electron chi connectivity index (χ4n) is 2.95. The summed E-state index contributed by atoms with van der Waals surface area (Å²) in [7, 11) is 0. The van der Waals surface area contributed by atoms with E-state index in [2.05, 4.69) is 32.4 Å². The largest absolute Gasteiger partial charge is 0.334 e. The zero-order chi connectivity index (χ0) is 17.2. The minimum Gasteiger partial charge on any atom is -0.334 e. The van der Waals surface area contributed by atoms with Crippen molar-refractivity contribution in [1.82, 2.24) is 30.4 Å². The molecule has 3 aromatic heterocycles. The number of amides is 1. The summed E-state index contributed by atoms with van der Waals surface area (Å²) >= 11 is 1.45. The Balaban J connectivity index is 1.60. The Morgan fingerprint density at radius 3 is 3.16 bits per heavy atom. The van der Waals surface area contributed by atoms with E-state index in [0.29, 0.717) is 24.8 Å². The van der Waals surface area contributed by atoms with Gasteiger partial charge in [-0.1, -0.05) is 0 Å². The summed E-state index contributed by atoms with van der Waals surface area (Å²) in [5, 5.41) is 13.1. The van der Waals surface area contributed by atoms with E-state index in [0.717, 1.165) is 28.4 Å². The van der Waals surface area contributed by atoms with Crippen molar-refractivity contribution in [2.45, 2.75) is 13.0 Å². The minimum absolute atomic E-state index is 0.0118. The molecule has 0 aromatic carbocycles. The smallest absolute Gasteiger partial charge is 0.273 e. The van der Waals surface area contributed by atoms with Crippen LogP contribution in [0.5, 0.6) is 0 Å². The highest BCUT2D eigenvalue weighted by Gasteiger charge is 2.24. The lowest BCUT2D eigenvalue weighted by molar-refractivity contribution is 0.0704. The van der Waals surface area contributed by atoms with Crippen LogP contribution in [0.3, 0.4) is 0 Å². The number of pyridine rings is 1. The molecule has 0 saturated carbocycles. The summed E-state index contributed by atoms with van der Waals surface area (Å²) in [4.78, 5) is 23.3. The third-order valence-electron chi connectivity index (χ3n) is 4.19. The Morgan fingerprint density at radius 2 is 2.36 bits per heavy atom. The second-order valence-electron chi connectivity index (χ2n) is 6.03. The predicted molar refractivity (Wildman–Crippen MR) is 96.3 cm³/mol. The van der Waals surface area contributed by atoms with Gasteiger partial charge in [0.2, 0.25) is 0 Å². The van der Waals surface area contributed by atoms with Gasteiger partial charge in [-0.25, -0.2) is 4.98 Å². The van der Waals surface area contributed by atoms with Gasteiger partial charge in [-0.2, -0.15) is 5.10 Å². The van der Waals surface area contributed by atoms with E-state index in [1.54, 1.807) is 12.4 Å². The molecule has 4 rings (SSSR count). The highest BCUT2D eigenvalue weighted by atomic mass is 32.1. The van der Waals surface area contributed by atoms with Crippen LogP contribution in [0, 0.1) is 0 Å². The Hall–Kier alpha value is -2.58. The van der Waals surface area contributed by atoms with Gasteiger partial charge in [0.15, 0.2) is 0 Å². The number of rotatable bonds is 3. The molecule has 7 nitrogen and oxygen atoms in total. The number of thiazole rings is 1. The van der Waals surface area contributed by atoms with Crippen molar-refractivity contribution in [3.63, 3.8) is 0 Å². The third kappa shape index (κ3) is 3.18. The van der Waals surface area contributed by atoms with Crippen LogP contribution in [0.4, 0.5) is 0 Å². The first-order valence-corrected chi connectivity index (χ1v) is 9.03. The summed E-state index contributed by atoms with van der Waals surface area (Å²) in [5.74, 6) is -0.0118. The number of nitrogens with zero attached hydrogens (tertiary/aromatic N) is 4. The van der Waals surface area contributed by atoms with Crippen molar-refractivity contribution in [2.24, 2.45) is 0 Å². The SMILES string of the molecule is C[C@H]1CN(C(=O)c2csc(-c3c[nH]nc3-c3cccnc3)n2)CCN1. The number of aromatic amines is 1. The number of aromatic nitrogens is 4. The van der Waals surface area contributed by atoms with E-state index < -0.39 is 0 Å². The molecule has 2 N–H and O–H groups in total. The Labute approximate surface area is 149 Å². The first-order chi connectivity index (χ1) is 12.2. The normalized spacial score (nSPS) is 17.6. The lowest BCUT2D eigenvalue weighted by atomic mass is 10.1. The first-order valence-electron chi connectivity index (χ1n) is 8.15. The maximum Gasteiger partial charge on any atom is 0.273 e. The quantitative estimate of drug-likeness (QED) is 0.751. The van der Waals surface area contributed by atoms with Crippen LogP contribution in [0.15, 0.2) is 36.1 Å². The molecular formula is C17H18N6OS. The minimum atomic E-state index is -0.0118. The molecule has 1 aliphatic rings. The molecule has 3 aromatic rings. The van der Waals surface area contributed by atoms with Crippen molar-refractivity contribution in [2.75, 3.05) is 19.6 Å². The third-order valence-corrected chi connectivity index (χ3v) is 5.06. The molecule has 8 heteroatoms. The topological polar surface area (TPSA) is 86.8 Å². The number of carbonyl (C=O) groups is 1. The van der Waals surface area contributed by atoms with Gasteiger partial charge in [-0.3, -0.25) is 14.9 Å². The number of hydrogen-bond donors (Lipinski definition) is 2. The molecule has 25 heavy (non-hydrogen) atoms. The summed E-state index contributed by atoms with van der Waals surface area (Å²) in [6.07, 6.45) is 5.30. The van der Waals surface area contributed by atoms with Crippen LogP contribution < -0.4 is 5.32 Å². The Bertz CT molecular complexity index is 874. The summed E-state index contributed by atoms with van der Waals surface area (Å²) in [6, 6.07) is 4.13. The van der Waals surface area contributed by atoms with Crippen LogP contribution in [-0.4, -0.2) is 56.6 Å². The number of hydrogen-bond acceptors (Lipinski definition) is 6. The molecular weight excluding hydrogens is 336 g/mol. The summed E-state index contributed by atoms with van der Waals surface area (Å²) in [5.41, 5.74) is 3.08. The molecule has 1 atom stereocenters. The number of H-pyrrole nitrogens is 1. The molecule has 1 amide bonds. The van der Waals surface area contributed by atoms with Crippen LogP contribution in [-0.2, 0) is 0 Å². The van der Waals surface area contributed by atoms with Gasteiger partial charge in [0.05, 0.1) is 5.56 Å². The van der Waals surface area contributed by atoms with Gasteiger partial charge in [0, 0.05) is 55.2 Å². The summed E-state index contributed by atoms with van der Waals surface area (Å²) < 4.78 is 0. The first kappa shape index (κ1) is 15.9. The molecule has 0 bridgehead atoms. The Kier molecular flexibility index (Phi) is 4.29. The van der Waals surface area contributed by atoms with Crippen LogP contribution in [0.25, 0.3) is 21.8 Å². The van der Waals surface area contributed by atoms with Crippen LogP contribution in [0.1, 0.15) is 17.4 Å². The zero-order valence-electron chi connectivity index (χ0n) is 13.8. The molecule has 1 aliphatic heterocycles. The van der Waals surface area contributed by atoms with Gasteiger partial charge < -0.3 is 10.2 Å². The van der Waals surface area contributed by atoms with E-state index in [-0.39, 0.29) is 5.91 Å². The standard InChI is InChI=1S/C17H18N6OS/c1-11-9-23(6-5-19-11)17(24)14-10-25-16(21-14)13-8-20-22-15(13)12-3-2-4-18-7-12/h2-4,7-8,10-11,19H,5-6,9H2,1H3,(H,20,22)/t11-/m0/s1. The number of carbonyl (C=O) groups excluding carboxylic acids is 1. The molecule has 0 unspecified atom stereocenters. The zero-order valence-corrected chi connectivity index (χ0v) is 14.6. The van der Waals surface area contributed by atoms with E-state index in [1.165, 1.54) is 11.3 Å². The maximum absolute atomic E-state index is 12.7. The molecule has 1 saturated heterocycles. The lowest BCUT2D eigenvalue weighted by Gasteiger charge is -2.31.